The molecule has 0 saturated carbocycles. The monoisotopic (exact) mass is 733 g/mol. The molecule has 7 rings (SSSR count). The van der Waals surface area contributed by atoms with Crippen molar-refractivity contribution < 1.29 is 0 Å². The van der Waals surface area contributed by atoms with Gasteiger partial charge in [0, 0.05) is 5.56 Å². The summed E-state index contributed by atoms with van der Waals surface area (Å²) in [4.78, 5) is 5.05. The number of benzene rings is 5. The molecule has 1 atom stereocenters. The first-order valence-electron chi connectivity index (χ1n) is 19.4. The Labute approximate surface area is 338 Å². The molecule has 1 nitrogen and oxygen atoms in total. The standard InChI is InChI=1S/C56H47N/c1-6-11-34-53-51(50-33-18-19-35-52(50)56(53,48(23-8-3)24-9-4)49-31-16-13-17-32-49)37-41-25-20-28-44(36-41)45-29-21-30-46(38-45)47-39-54(42(10-5)22-7-2)57-55(40-47)43-26-14-12-15-27-43/h6-36,38-40H,1-3,5,37H2,4H3/b24-9-,34-11-,42-22+,48-23+. The molecule has 57 heavy (non-hydrogen) atoms. The number of allylic oxidation sites excluding steroid dienone is 14. The first-order valence-corrected chi connectivity index (χ1v) is 19.4. The fourth-order valence-electron chi connectivity index (χ4n) is 8.19. The quantitative estimate of drug-likeness (QED) is 0.102. The van der Waals surface area contributed by atoms with Gasteiger partial charge in [0.2, 0.25) is 0 Å². The van der Waals surface area contributed by atoms with Crippen LogP contribution in [0.1, 0.15) is 34.9 Å². The molecule has 1 aromatic heterocycles. The van der Waals surface area contributed by atoms with Gasteiger partial charge in [-0.15, -0.1) is 0 Å². The second-order valence-corrected chi connectivity index (χ2v) is 14.0. The first-order chi connectivity index (χ1) is 28.0. The van der Waals surface area contributed by atoms with E-state index in [9.17, 15) is 0 Å². The fraction of sp³-hybridized carbons (Fsp3) is 0.0536. The second-order valence-electron chi connectivity index (χ2n) is 14.0. The predicted octanol–water partition coefficient (Wildman–Crippen LogP) is 14.6. The largest absolute Gasteiger partial charge is 0.248 e. The van der Waals surface area contributed by atoms with Gasteiger partial charge in [-0.1, -0.05) is 214 Å². The predicted molar refractivity (Wildman–Crippen MR) is 246 cm³/mol. The zero-order chi connectivity index (χ0) is 39.6. The Morgan fingerprint density at radius 3 is 1.96 bits per heavy atom. The summed E-state index contributed by atoms with van der Waals surface area (Å²) >= 11 is 0. The number of aromatic nitrogens is 1. The van der Waals surface area contributed by atoms with Gasteiger partial charge in [0.25, 0.3) is 0 Å². The average molecular weight is 734 g/mol. The van der Waals surface area contributed by atoms with Crippen LogP contribution in [-0.2, 0) is 11.8 Å². The lowest BCUT2D eigenvalue weighted by Gasteiger charge is -2.35. The third-order valence-electron chi connectivity index (χ3n) is 10.6. The number of rotatable bonds is 14. The molecule has 0 amide bonds. The van der Waals surface area contributed by atoms with Crippen LogP contribution in [0.2, 0.25) is 0 Å². The van der Waals surface area contributed by atoms with E-state index in [2.05, 4.69) is 191 Å². The van der Waals surface area contributed by atoms with Crippen molar-refractivity contribution in [2.45, 2.75) is 18.8 Å². The van der Waals surface area contributed by atoms with Gasteiger partial charge >= 0.3 is 0 Å². The van der Waals surface area contributed by atoms with Gasteiger partial charge in [0.15, 0.2) is 0 Å². The van der Waals surface area contributed by atoms with E-state index in [1.807, 2.05) is 42.5 Å². The van der Waals surface area contributed by atoms with Crippen molar-refractivity contribution in [3.8, 4) is 33.5 Å². The minimum Gasteiger partial charge on any atom is -0.248 e. The van der Waals surface area contributed by atoms with Crippen LogP contribution >= 0.6 is 0 Å². The van der Waals surface area contributed by atoms with E-state index in [1.165, 1.54) is 33.4 Å². The molecule has 0 aliphatic heterocycles. The Morgan fingerprint density at radius 2 is 1.26 bits per heavy atom. The molecular formula is C56H47N. The molecule has 1 aliphatic rings. The molecule has 1 unspecified atom stereocenters. The average Bonchev–Trinajstić information content (AvgIpc) is 3.54. The molecular weight excluding hydrogens is 687 g/mol. The normalized spacial score (nSPS) is 15.5. The Morgan fingerprint density at radius 1 is 0.614 bits per heavy atom. The molecule has 0 saturated heterocycles. The maximum atomic E-state index is 5.05. The van der Waals surface area contributed by atoms with E-state index in [0.29, 0.717) is 0 Å². The van der Waals surface area contributed by atoms with Gasteiger partial charge in [0.1, 0.15) is 0 Å². The van der Waals surface area contributed by atoms with Gasteiger partial charge in [-0.05, 0) is 98.3 Å². The lowest BCUT2D eigenvalue weighted by atomic mass is 9.66. The molecule has 0 spiro atoms. The van der Waals surface area contributed by atoms with Crippen LogP contribution < -0.4 is 0 Å². The summed E-state index contributed by atoms with van der Waals surface area (Å²) in [7, 11) is 0. The van der Waals surface area contributed by atoms with Crippen LogP contribution in [0.5, 0.6) is 0 Å². The number of nitrogens with zero attached hydrogens (tertiary/aromatic N) is 1. The van der Waals surface area contributed by atoms with Crippen LogP contribution in [0.25, 0.3) is 44.7 Å². The molecule has 276 valence electrons. The number of hydrogen-bond donors (Lipinski definition) is 0. The third-order valence-corrected chi connectivity index (χ3v) is 10.6. The van der Waals surface area contributed by atoms with Crippen molar-refractivity contribution in [2.24, 2.45) is 0 Å². The van der Waals surface area contributed by atoms with Gasteiger partial charge in [-0.3, -0.25) is 0 Å². The summed E-state index contributed by atoms with van der Waals surface area (Å²) < 4.78 is 0. The summed E-state index contributed by atoms with van der Waals surface area (Å²) in [6, 6.07) is 52.1. The molecule has 6 aromatic rings. The summed E-state index contributed by atoms with van der Waals surface area (Å²) in [6.45, 7) is 18.3. The summed E-state index contributed by atoms with van der Waals surface area (Å²) in [5.74, 6) is 0. The van der Waals surface area contributed by atoms with E-state index >= 15 is 0 Å². The number of pyridine rings is 1. The van der Waals surface area contributed by atoms with E-state index in [1.54, 1.807) is 6.08 Å². The van der Waals surface area contributed by atoms with Crippen molar-refractivity contribution in [2.75, 3.05) is 0 Å². The molecule has 1 heteroatoms. The van der Waals surface area contributed by atoms with Gasteiger partial charge in [-0.25, -0.2) is 4.98 Å². The molecule has 0 radical (unpaired) electrons. The first kappa shape index (κ1) is 38.2. The second kappa shape index (κ2) is 17.6. The summed E-state index contributed by atoms with van der Waals surface area (Å²) in [6.07, 6.45) is 20.9. The van der Waals surface area contributed by atoms with Crippen molar-refractivity contribution in [1.29, 1.82) is 0 Å². The Hall–Kier alpha value is -7.09. The minimum absolute atomic E-state index is 0.548. The van der Waals surface area contributed by atoms with Crippen molar-refractivity contribution in [3.05, 3.63) is 272 Å². The van der Waals surface area contributed by atoms with Crippen LogP contribution in [0, 0.1) is 0 Å². The van der Waals surface area contributed by atoms with Gasteiger partial charge < -0.3 is 0 Å². The maximum absolute atomic E-state index is 5.05. The Kier molecular flexibility index (Phi) is 11.8. The van der Waals surface area contributed by atoms with E-state index < -0.39 is 5.41 Å². The van der Waals surface area contributed by atoms with Crippen molar-refractivity contribution in [1.82, 2.24) is 4.98 Å². The minimum atomic E-state index is -0.548. The van der Waals surface area contributed by atoms with Crippen molar-refractivity contribution in [3.63, 3.8) is 0 Å². The smallest absolute Gasteiger partial charge is 0.0715 e. The van der Waals surface area contributed by atoms with Crippen LogP contribution in [0.4, 0.5) is 0 Å². The zero-order valence-corrected chi connectivity index (χ0v) is 32.6. The molecule has 0 N–H and O–H groups in total. The summed E-state index contributed by atoms with van der Waals surface area (Å²) in [5, 5.41) is 0. The lowest BCUT2D eigenvalue weighted by molar-refractivity contribution is 0.759. The molecule has 0 bridgehead atoms. The third kappa shape index (κ3) is 7.61. The van der Waals surface area contributed by atoms with Crippen LogP contribution in [0.3, 0.4) is 0 Å². The highest BCUT2D eigenvalue weighted by Gasteiger charge is 2.47. The summed E-state index contributed by atoms with van der Waals surface area (Å²) in [5.41, 5.74) is 16.4. The van der Waals surface area contributed by atoms with E-state index in [4.69, 9.17) is 4.98 Å². The molecule has 5 aromatic carbocycles. The van der Waals surface area contributed by atoms with Gasteiger partial charge in [0.05, 0.1) is 16.8 Å². The van der Waals surface area contributed by atoms with Crippen LogP contribution in [-0.4, -0.2) is 4.98 Å². The highest BCUT2D eigenvalue weighted by molar-refractivity contribution is 5.89. The maximum Gasteiger partial charge on any atom is 0.0715 e. The number of hydrogen-bond acceptors (Lipinski definition) is 1. The highest BCUT2D eigenvalue weighted by Crippen LogP contribution is 2.56. The van der Waals surface area contributed by atoms with E-state index in [-0.39, 0.29) is 0 Å². The van der Waals surface area contributed by atoms with Gasteiger partial charge in [-0.2, -0.15) is 0 Å². The van der Waals surface area contributed by atoms with E-state index in [0.717, 1.165) is 56.8 Å². The fourth-order valence-corrected chi connectivity index (χ4v) is 8.19. The van der Waals surface area contributed by atoms with Crippen molar-refractivity contribution >= 4 is 11.1 Å². The Bertz CT molecular complexity index is 2610. The Balaban J connectivity index is 1.35. The highest BCUT2D eigenvalue weighted by atomic mass is 14.7. The molecule has 0 fully saturated rings. The zero-order valence-electron chi connectivity index (χ0n) is 32.6. The molecule has 1 heterocycles. The number of fused-ring (bicyclic) bond motifs is 1. The van der Waals surface area contributed by atoms with Crippen LogP contribution in [0.15, 0.2) is 244 Å². The topological polar surface area (TPSA) is 12.9 Å². The molecule has 1 aliphatic carbocycles. The SMILES string of the molecule is C=C/C=C\C1=C(Cc2cccc(-c3cccc(-c4cc(/C(C=C)=C/C=C)nc(-c5ccccc5)c4)c3)c2)c2ccccc2C1(C(/C=C\C)=C/C=C)c1ccccc1. The lowest BCUT2D eigenvalue weighted by Crippen LogP contribution is -2.30.